The molecular weight excluding hydrogens is 394 g/mol. The van der Waals surface area contributed by atoms with E-state index in [-0.39, 0.29) is 15.7 Å². The van der Waals surface area contributed by atoms with Gasteiger partial charge in [-0.15, -0.1) is 0 Å². The molecule has 0 bridgehead atoms. The molecule has 1 rings (SSSR count). The molecule has 0 aliphatic carbocycles. The summed E-state index contributed by atoms with van der Waals surface area (Å²) in [5, 5.41) is 0. The molecule has 1 aromatic carbocycles. The molecular formula is C25H45NO3S. The van der Waals surface area contributed by atoms with E-state index >= 15 is 0 Å². The Labute approximate surface area is 186 Å². The van der Waals surface area contributed by atoms with Crippen molar-refractivity contribution in [3.63, 3.8) is 0 Å². The fourth-order valence-electron chi connectivity index (χ4n) is 4.06. The Bertz CT molecular complexity index is 733. The predicted octanol–water partition coefficient (Wildman–Crippen LogP) is 6.83. The van der Waals surface area contributed by atoms with Crippen molar-refractivity contribution in [3.8, 4) is 5.75 Å². The lowest BCUT2D eigenvalue weighted by Gasteiger charge is -2.33. The molecule has 0 radical (unpaired) electrons. The number of benzene rings is 1. The van der Waals surface area contributed by atoms with Crippen LogP contribution in [-0.2, 0) is 15.4 Å². The van der Waals surface area contributed by atoms with Gasteiger partial charge in [-0.05, 0) is 47.8 Å². The Kier molecular flexibility index (Phi) is 10.9. The van der Waals surface area contributed by atoms with Gasteiger partial charge in [0.05, 0.1) is 6.61 Å². The molecule has 0 fully saturated rings. The minimum Gasteiger partial charge on any atom is -0.492 e. The number of hydrogen-bond donors (Lipinski definition) is 1. The molecule has 0 aliphatic heterocycles. The van der Waals surface area contributed by atoms with Gasteiger partial charge in [-0.2, -0.15) is 0 Å². The third-order valence-electron chi connectivity index (χ3n) is 5.28. The fraction of sp³-hybridized carbons (Fsp3) is 0.760. The highest BCUT2D eigenvalue weighted by molar-refractivity contribution is 7.89. The first kappa shape index (κ1) is 27.0. The van der Waals surface area contributed by atoms with E-state index in [1.54, 1.807) is 0 Å². The largest absolute Gasteiger partial charge is 0.492 e. The highest BCUT2D eigenvalue weighted by atomic mass is 32.2. The van der Waals surface area contributed by atoms with Crippen molar-refractivity contribution in [3.05, 3.63) is 23.8 Å². The zero-order valence-electron chi connectivity index (χ0n) is 20.4. The van der Waals surface area contributed by atoms with E-state index in [0.717, 1.165) is 31.2 Å². The van der Waals surface area contributed by atoms with E-state index in [2.05, 4.69) is 46.3 Å². The van der Waals surface area contributed by atoms with E-state index in [9.17, 15) is 8.42 Å². The minimum atomic E-state index is -3.61. The molecule has 5 heteroatoms. The summed E-state index contributed by atoms with van der Waals surface area (Å²) in [6.07, 6.45) is 8.76. The maximum atomic E-state index is 13.0. The quantitative estimate of drug-likeness (QED) is 0.323. The Morgan fingerprint density at radius 3 is 2.13 bits per heavy atom. The smallest absolute Gasteiger partial charge is 0.244 e. The van der Waals surface area contributed by atoms with Gasteiger partial charge in [0.1, 0.15) is 10.6 Å². The monoisotopic (exact) mass is 439 g/mol. The van der Waals surface area contributed by atoms with E-state index in [1.165, 1.54) is 25.7 Å². The van der Waals surface area contributed by atoms with Crippen molar-refractivity contribution in [2.75, 3.05) is 13.2 Å². The molecule has 0 unspecified atom stereocenters. The molecule has 0 atom stereocenters. The van der Waals surface area contributed by atoms with Crippen LogP contribution in [0.4, 0.5) is 0 Å². The van der Waals surface area contributed by atoms with E-state index in [1.807, 2.05) is 25.1 Å². The standard InChI is InChI=1S/C25H45NO3S/c1-8-10-11-12-13-14-18-29-22-16-15-21(25(6,7)20-24(3,4)5)19-23(22)30(27,28)26-17-9-2/h15-16,19,26H,8-14,17-18,20H2,1-7H3. The van der Waals surface area contributed by atoms with E-state index in [4.69, 9.17) is 4.74 Å². The van der Waals surface area contributed by atoms with Crippen LogP contribution in [0.1, 0.15) is 105 Å². The van der Waals surface area contributed by atoms with Gasteiger partial charge in [0.2, 0.25) is 10.0 Å². The Hall–Kier alpha value is -1.07. The summed E-state index contributed by atoms with van der Waals surface area (Å²) in [5.41, 5.74) is 1.04. The van der Waals surface area contributed by atoms with Gasteiger partial charge in [0.25, 0.3) is 0 Å². The Morgan fingerprint density at radius 2 is 1.53 bits per heavy atom. The summed E-state index contributed by atoms with van der Waals surface area (Å²) >= 11 is 0. The van der Waals surface area contributed by atoms with Gasteiger partial charge in [0, 0.05) is 6.54 Å². The summed E-state index contributed by atoms with van der Waals surface area (Å²) in [4.78, 5) is 0.265. The maximum Gasteiger partial charge on any atom is 0.244 e. The van der Waals surface area contributed by atoms with Gasteiger partial charge in [-0.25, -0.2) is 13.1 Å². The summed E-state index contributed by atoms with van der Waals surface area (Å²) < 4.78 is 34.7. The first-order chi connectivity index (χ1) is 13.9. The number of hydrogen-bond acceptors (Lipinski definition) is 3. The van der Waals surface area contributed by atoms with Crippen LogP contribution in [0.2, 0.25) is 0 Å². The zero-order chi connectivity index (χ0) is 22.8. The van der Waals surface area contributed by atoms with Gasteiger partial charge in [-0.3, -0.25) is 0 Å². The number of ether oxygens (including phenoxy) is 1. The van der Waals surface area contributed by atoms with Crippen LogP contribution in [0.3, 0.4) is 0 Å². The molecule has 1 N–H and O–H groups in total. The van der Waals surface area contributed by atoms with E-state index < -0.39 is 10.0 Å². The van der Waals surface area contributed by atoms with E-state index in [0.29, 0.717) is 18.9 Å². The Balaban J connectivity index is 3.04. The van der Waals surface area contributed by atoms with Gasteiger partial charge < -0.3 is 4.74 Å². The molecule has 0 aliphatic rings. The molecule has 0 heterocycles. The molecule has 0 saturated heterocycles. The normalized spacial score (nSPS) is 12.9. The zero-order valence-corrected chi connectivity index (χ0v) is 21.3. The molecule has 0 amide bonds. The van der Waals surface area contributed by atoms with Crippen molar-refractivity contribution in [1.82, 2.24) is 4.72 Å². The first-order valence-corrected chi connectivity index (χ1v) is 13.2. The molecule has 0 aromatic heterocycles. The molecule has 4 nitrogen and oxygen atoms in total. The van der Waals surface area contributed by atoms with Gasteiger partial charge in [-0.1, -0.05) is 86.6 Å². The van der Waals surface area contributed by atoms with Crippen molar-refractivity contribution >= 4 is 10.0 Å². The van der Waals surface area contributed by atoms with Crippen molar-refractivity contribution in [2.45, 2.75) is 110 Å². The lowest BCUT2D eigenvalue weighted by Crippen LogP contribution is -2.27. The second kappa shape index (κ2) is 12.1. The number of nitrogens with one attached hydrogen (secondary N) is 1. The van der Waals surface area contributed by atoms with Gasteiger partial charge in [0.15, 0.2) is 0 Å². The highest BCUT2D eigenvalue weighted by Gasteiger charge is 2.30. The molecule has 0 saturated carbocycles. The summed E-state index contributed by atoms with van der Waals surface area (Å²) in [7, 11) is -3.61. The summed E-state index contributed by atoms with van der Waals surface area (Å²) in [6, 6.07) is 5.69. The third kappa shape index (κ3) is 9.38. The average molecular weight is 440 g/mol. The SMILES string of the molecule is CCCCCCCCOc1ccc(C(C)(C)CC(C)(C)C)cc1S(=O)(=O)NCCC. The lowest BCUT2D eigenvalue weighted by molar-refractivity contribution is 0.281. The highest BCUT2D eigenvalue weighted by Crippen LogP contribution is 2.38. The van der Waals surface area contributed by atoms with Crippen molar-refractivity contribution in [1.29, 1.82) is 0 Å². The predicted molar refractivity (Wildman–Crippen MR) is 128 cm³/mol. The van der Waals surface area contributed by atoms with Crippen LogP contribution in [-0.4, -0.2) is 21.6 Å². The van der Waals surface area contributed by atoms with Crippen molar-refractivity contribution in [2.24, 2.45) is 5.41 Å². The molecule has 30 heavy (non-hydrogen) atoms. The summed E-state index contributed by atoms with van der Waals surface area (Å²) in [5.74, 6) is 0.461. The van der Waals surface area contributed by atoms with Crippen LogP contribution < -0.4 is 9.46 Å². The molecule has 0 spiro atoms. The maximum absolute atomic E-state index is 13.0. The van der Waals surface area contributed by atoms with Crippen LogP contribution in [0.25, 0.3) is 0 Å². The summed E-state index contributed by atoms with van der Waals surface area (Å²) in [6.45, 7) is 16.2. The average Bonchev–Trinajstić information content (AvgIpc) is 2.63. The van der Waals surface area contributed by atoms with Gasteiger partial charge >= 0.3 is 0 Å². The number of rotatable bonds is 14. The minimum absolute atomic E-state index is 0.134. The van der Waals surface area contributed by atoms with Crippen LogP contribution in [0.5, 0.6) is 5.75 Å². The third-order valence-corrected chi connectivity index (χ3v) is 6.77. The first-order valence-electron chi connectivity index (χ1n) is 11.7. The lowest BCUT2D eigenvalue weighted by atomic mass is 9.72. The fourth-order valence-corrected chi connectivity index (χ4v) is 5.37. The van der Waals surface area contributed by atoms with Crippen LogP contribution in [0.15, 0.2) is 23.1 Å². The topological polar surface area (TPSA) is 55.4 Å². The number of unbranched alkanes of at least 4 members (excludes halogenated alkanes) is 5. The van der Waals surface area contributed by atoms with Crippen molar-refractivity contribution < 1.29 is 13.2 Å². The Morgan fingerprint density at radius 1 is 0.900 bits per heavy atom. The number of sulfonamides is 1. The molecule has 1 aromatic rings. The van der Waals surface area contributed by atoms with Crippen LogP contribution >= 0.6 is 0 Å². The molecule has 174 valence electrons. The van der Waals surface area contributed by atoms with Crippen LogP contribution in [0, 0.1) is 5.41 Å². The second-order valence-electron chi connectivity index (χ2n) is 10.3. The second-order valence-corrected chi connectivity index (χ2v) is 12.0.